The van der Waals surface area contributed by atoms with Crippen molar-refractivity contribution < 1.29 is 4.42 Å². The van der Waals surface area contributed by atoms with Crippen LogP contribution in [0.4, 0.5) is 0 Å². The van der Waals surface area contributed by atoms with E-state index in [9.17, 15) is 0 Å². The first kappa shape index (κ1) is 28.3. The highest BCUT2D eigenvalue weighted by molar-refractivity contribution is 6.12. The Morgan fingerprint density at radius 2 is 1.02 bits per heavy atom. The van der Waals surface area contributed by atoms with Crippen LogP contribution in [0.5, 0.6) is 0 Å². The molecule has 0 atom stereocenters. The lowest BCUT2D eigenvalue weighted by atomic mass is 9.99. The molecule has 0 unspecified atom stereocenters. The quantitative estimate of drug-likeness (QED) is 0.188. The summed E-state index contributed by atoms with van der Waals surface area (Å²) in [6.07, 6.45) is 0. The second-order valence-corrected chi connectivity index (χ2v) is 12.6. The van der Waals surface area contributed by atoms with Crippen molar-refractivity contribution in [2.45, 2.75) is 0 Å². The molecule has 0 aliphatic heterocycles. The second kappa shape index (κ2) is 11.4. The van der Waals surface area contributed by atoms with Crippen LogP contribution in [-0.2, 0) is 0 Å². The van der Waals surface area contributed by atoms with E-state index in [0.717, 1.165) is 66.8 Å². The summed E-state index contributed by atoms with van der Waals surface area (Å²) in [5.74, 6) is 0.682. The Bertz CT molecular complexity index is 2800. The van der Waals surface area contributed by atoms with Crippen LogP contribution in [0, 0.1) is 0 Å². The number of para-hydroxylation sites is 3. The van der Waals surface area contributed by atoms with Crippen molar-refractivity contribution >= 4 is 43.7 Å². The maximum Gasteiger partial charge on any atom is 0.160 e. The normalized spacial score (nSPS) is 11.6. The third-order valence-electron chi connectivity index (χ3n) is 9.62. The topological polar surface area (TPSA) is 43.9 Å². The Kier molecular flexibility index (Phi) is 6.46. The first-order valence-electron chi connectivity index (χ1n) is 16.8. The molecule has 10 aromatic rings. The number of rotatable bonds is 5. The minimum absolute atomic E-state index is 0.682. The van der Waals surface area contributed by atoms with Crippen molar-refractivity contribution in [2.24, 2.45) is 0 Å². The van der Waals surface area contributed by atoms with E-state index in [2.05, 4.69) is 132 Å². The molecule has 234 valence electrons. The van der Waals surface area contributed by atoms with Gasteiger partial charge in [-0.3, -0.25) is 0 Å². The van der Waals surface area contributed by atoms with Crippen molar-refractivity contribution in [3.63, 3.8) is 0 Å². The van der Waals surface area contributed by atoms with E-state index in [1.54, 1.807) is 0 Å². The maximum atomic E-state index is 6.64. The SMILES string of the molecule is c1ccc(-c2cc(-c3cccc4c3oc3ccc(-c5ccc6c(c5)c5ccccc5n6-c5ccccc5)cc34)nc(-c3ccccc3)n2)cc1. The highest BCUT2D eigenvalue weighted by Crippen LogP contribution is 2.40. The standard InChI is InChI=1S/C46H29N3O/c1-4-13-30(14-5-1)40-29-41(48-46(47-40)31-15-6-2-7-16-31)37-21-12-20-36-39-28-33(24-26-44(39)50-45(36)37)32-23-25-43-38(27-32)35-19-10-11-22-42(35)49(43)34-17-8-3-9-18-34/h1-29H. The summed E-state index contributed by atoms with van der Waals surface area (Å²) in [5, 5.41) is 4.60. The van der Waals surface area contributed by atoms with Gasteiger partial charge in [-0.2, -0.15) is 0 Å². The monoisotopic (exact) mass is 639 g/mol. The molecule has 0 saturated carbocycles. The zero-order valence-electron chi connectivity index (χ0n) is 27.0. The van der Waals surface area contributed by atoms with Crippen molar-refractivity contribution in [2.75, 3.05) is 0 Å². The molecule has 4 heteroatoms. The van der Waals surface area contributed by atoms with Crippen LogP contribution in [-0.4, -0.2) is 14.5 Å². The molecule has 0 fully saturated rings. The molecule has 3 aromatic heterocycles. The van der Waals surface area contributed by atoms with Gasteiger partial charge in [0, 0.05) is 43.9 Å². The van der Waals surface area contributed by atoms with E-state index < -0.39 is 0 Å². The van der Waals surface area contributed by atoms with Crippen LogP contribution in [0.15, 0.2) is 180 Å². The predicted molar refractivity (Wildman–Crippen MR) is 205 cm³/mol. The van der Waals surface area contributed by atoms with E-state index in [4.69, 9.17) is 14.4 Å². The van der Waals surface area contributed by atoms with E-state index in [1.165, 1.54) is 21.8 Å². The molecule has 0 aliphatic rings. The fourth-order valence-corrected chi connectivity index (χ4v) is 7.25. The third kappa shape index (κ3) is 4.61. The largest absolute Gasteiger partial charge is 0.455 e. The third-order valence-corrected chi connectivity index (χ3v) is 9.62. The molecule has 0 aliphatic carbocycles. The Morgan fingerprint density at radius 3 is 1.82 bits per heavy atom. The summed E-state index contributed by atoms with van der Waals surface area (Å²) in [4.78, 5) is 10.1. The number of nitrogens with zero attached hydrogens (tertiary/aromatic N) is 3. The molecule has 7 aromatic carbocycles. The van der Waals surface area contributed by atoms with Crippen LogP contribution in [0.25, 0.3) is 94.5 Å². The van der Waals surface area contributed by atoms with Crippen molar-refractivity contribution in [3.05, 3.63) is 176 Å². The maximum absolute atomic E-state index is 6.64. The van der Waals surface area contributed by atoms with Crippen molar-refractivity contribution in [1.29, 1.82) is 0 Å². The van der Waals surface area contributed by atoms with Crippen LogP contribution >= 0.6 is 0 Å². The first-order chi connectivity index (χ1) is 24.8. The highest BCUT2D eigenvalue weighted by Gasteiger charge is 2.18. The van der Waals surface area contributed by atoms with E-state index in [1.807, 2.05) is 48.5 Å². The molecular formula is C46H29N3O. The zero-order chi connectivity index (χ0) is 33.0. The van der Waals surface area contributed by atoms with Gasteiger partial charge in [-0.15, -0.1) is 0 Å². The molecule has 0 amide bonds. The Balaban J connectivity index is 1.12. The lowest BCUT2D eigenvalue weighted by Crippen LogP contribution is -1.96. The molecule has 0 N–H and O–H groups in total. The van der Waals surface area contributed by atoms with Crippen LogP contribution < -0.4 is 0 Å². The summed E-state index contributed by atoms with van der Waals surface area (Å²) < 4.78 is 8.99. The minimum atomic E-state index is 0.682. The number of hydrogen-bond acceptors (Lipinski definition) is 3. The van der Waals surface area contributed by atoms with Gasteiger partial charge in [0.2, 0.25) is 0 Å². The van der Waals surface area contributed by atoms with Gasteiger partial charge in [0.25, 0.3) is 0 Å². The van der Waals surface area contributed by atoms with E-state index in [-0.39, 0.29) is 0 Å². The zero-order valence-corrected chi connectivity index (χ0v) is 27.0. The number of furan rings is 1. The molecule has 4 nitrogen and oxygen atoms in total. The molecule has 0 bridgehead atoms. The highest BCUT2D eigenvalue weighted by atomic mass is 16.3. The fraction of sp³-hybridized carbons (Fsp3) is 0. The lowest BCUT2D eigenvalue weighted by Gasteiger charge is -2.09. The van der Waals surface area contributed by atoms with Gasteiger partial charge in [0.15, 0.2) is 5.82 Å². The summed E-state index contributed by atoms with van der Waals surface area (Å²) in [6.45, 7) is 0. The minimum Gasteiger partial charge on any atom is -0.455 e. The van der Waals surface area contributed by atoms with Crippen molar-refractivity contribution in [1.82, 2.24) is 14.5 Å². The molecule has 0 radical (unpaired) electrons. The molecule has 0 saturated heterocycles. The molecule has 10 rings (SSSR count). The fourth-order valence-electron chi connectivity index (χ4n) is 7.25. The van der Waals surface area contributed by atoms with Gasteiger partial charge >= 0.3 is 0 Å². The average Bonchev–Trinajstić information content (AvgIpc) is 3.74. The molecule has 3 heterocycles. The molecule has 50 heavy (non-hydrogen) atoms. The first-order valence-corrected chi connectivity index (χ1v) is 16.8. The lowest BCUT2D eigenvalue weighted by molar-refractivity contribution is 0.670. The van der Waals surface area contributed by atoms with Gasteiger partial charge in [-0.05, 0) is 65.7 Å². The Morgan fingerprint density at radius 1 is 0.400 bits per heavy atom. The van der Waals surface area contributed by atoms with Gasteiger partial charge in [0.1, 0.15) is 11.2 Å². The summed E-state index contributed by atoms with van der Waals surface area (Å²) in [7, 11) is 0. The van der Waals surface area contributed by atoms with Gasteiger partial charge in [-0.25, -0.2) is 9.97 Å². The smallest absolute Gasteiger partial charge is 0.160 e. The van der Waals surface area contributed by atoms with E-state index >= 15 is 0 Å². The Labute approximate surface area is 288 Å². The van der Waals surface area contributed by atoms with Crippen LogP contribution in [0.1, 0.15) is 0 Å². The second-order valence-electron chi connectivity index (χ2n) is 12.6. The van der Waals surface area contributed by atoms with Gasteiger partial charge in [0.05, 0.1) is 22.4 Å². The van der Waals surface area contributed by atoms with E-state index in [0.29, 0.717) is 5.82 Å². The number of aromatic nitrogens is 3. The summed E-state index contributed by atoms with van der Waals surface area (Å²) >= 11 is 0. The summed E-state index contributed by atoms with van der Waals surface area (Å²) in [5.41, 5.74) is 12.2. The predicted octanol–water partition coefficient (Wildman–Crippen LogP) is 12.1. The molecular weight excluding hydrogens is 611 g/mol. The van der Waals surface area contributed by atoms with Crippen LogP contribution in [0.2, 0.25) is 0 Å². The average molecular weight is 640 g/mol. The molecule has 0 spiro atoms. The van der Waals surface area contributed by atoms with Gasteiger partial charge in [-0.1, -0.05) is 121 Å². The van der Waals surface area contributed by atoms with Crippen molar-refractivity contribution in [3.8, 4) is 50.7 Å². The van der Waals surface area contributed by atoms with Crippen LogP contribution in [0.3, 0.4) is 0 Å². The summed E-state index contributed by atoms with van der Waals surface area (Å²) in [6, 6.07) is 61.3. The Hall–Kier alpha value is -6.78. The number of hydrogen-bond donors (Lipinski definition) is 0. The van der Waals surface area contributed by atoms with Gasteiger partial charge < -0.3 is 8.98 Å². The number of benzene rings is 7. The number of fused-ring (bicyclic) bond motifs is 6.